The van der Waals surface area contributed by atoms with Crippen molar-refractivity contribution < 1.29 is 19.6 Å². The molecule has 7 heteroatoms. The highest BCUT2D eigenvalue weighted by molar-refractivity contribution is 5.97. The van der Waals surface area contributed by atoms with E-state index < -0.39 is 16.4 Å². The van der Waals surface area contributed by atoms with Crippen molar-refractivity contribution in [3.63, 3.8) is 0 Å². The van der Waals surface area contributed by atoms with Crippen molar-refractivity contribution in [2.45, 2.75) is 39.2 Å². The molecule has 2 rings (SSSR count). The van der Waals surface area contributed by atoms with Crippen LogP contribution in [0.5, 0.6) is 5.75 Å². The zero-order chi connectivity index (χ0) is 20.2. The van der Waals surface area contributed by atoms with E-state index in [2.05, 4.69) is 5.32 Å². The van der Waals surface area contributed by atoms with Gasteiger partial charge in [-0.1, -0.05) is 31.5 Å². The Morgan fingerprint density at radius 2 is 1.89 bits per heavy atom. The summed E-state index contributed by atoms with van der Waals surface area (Å²) < 4.78 is 5.48. The van der Waals surface area contributed by atoms with Crippen molar-refractivity contribution in [1.29, 1.82) is 0 Å². The number of rotatable bonds is 7. The normalized spacial score (nSPS) is 13.1. The van der Waals surface area contributed by atoms with E-state index >= 15 is 0 Å². The maximum Gasteiger partial charge on any atom is 0.274 e. The number of anilines is 1. The highest BCUT2D eigenvalue weighted by Gasteiger charge is 2.32. The Balaban J connectivity index is 2.09. The maximum absolute atomic E-state index is 12.4. The number of aryl methyl sites for hydroxylation is 1. The van der Waals surface area contributed by atoms with Gasteiger partial charge in [0.05, 0.1) is 4.92 Å². The number of carbonyl (C=O) groups is 1. The van der Waals surface area contributed by atoms with Crippen LogP contribution in [-0.4, -0.2) is 28.1 Å². The van der Waals surface area contributed by atoms with Crippen molar-refractivity contribution >= 4 is 17.3 Å². The Bertz CT molecular complexity index is 829. The Morgan fingerprint density at radius 1 is 1.26 bits per heavy atom. The maximum atomic E-state index is 12.4. The van der Waals surface area contributed by atoms with E-state index in [0.29, 0.717) is 11.3 Å². The van der Waals surface area contributed by atoms with Gasteiger partial charge in [0, 0.05) is 17.3 Å². The topological polar surface area (TPSA) is 102 Å². The van der Waals surface area contributed by atoms with Crippen LogP contribution < -0.4 is 10.1 Å². The van der Waals surface area contributed by atoms with Crippen molar-refractivity contribution in [1.82, 2.24) is 0 Å². The summed E-state index contributed by atoms with van der Waals surface area (Å²) in [6.07, 6.45) is 0. The molecule has 0 aromatic heterocycles. The zero-order valence-corrected chi connectivity index (χ0v) is 15.9. The number of ether oxygens (including phenoxy) is 1. The molecular formula is C20H24N2O5. The summed E-state index contributed by atoms with van der Waals surface area (Å²) in [5, 5.41) is 24.2. The first-order valence-electron chi connectivity index (χ1n) is 8.62. The smallest absolute Gasteiger partial charge is 0.274 e. The van der Waals surface area contributed by atoms with Crippen LogP contribution in [0.2, 0.25) is 0 Å². The number of carbonyl (C=O) groups excluding carboxylic acids is 1. The molecule has 0 spiro atoms. The Hall–Kier alpha value is -2.93. The lowest BCUT2D eigenvalue weighted by Gasteiger charge is -2.22. The molecule has 0 aliphatic carbocycles. The van der Waals surface area contributed by atoms with E-state index in [-0.39, 0.29) is 23.9 Å². The van der Waals surface area contributed by atoms with Gasteiger partial charge in [-0.05, 0) is 44.0 Å². The largest absolute Gasteiger partial charge is 0.490 e. The summed E-state index contributed by atoms with van der Waals surface area (Å²) in [7, 11) is 0. The number of amides is 1. The molecule has 0 bridgehead atoms. The Labute approximate surface area is 158 Å². The van der Waals surface area contributed by atoms with E-state index in [0.717, 1.165) is 5.56 Å². The van der Waals surface area contributed by atoms with Gasteiger partial charge < -0.3 is 15.2 Å². The number of hydrogen-bond acceptors (Lipinski definition) is 5. The fourth-order valence-electron chi connectivity index (χ4n) is 2.46. The Kier molecular flexibility index (Phi) is 6.17. The van der Waals surface area contributed by atoms with E-state index in [9.17, 15) is 20.0 Å². The van der Waals surface area contributed by atoms with E-state index in [4.69, 9.17) is 4.74 Å². The highest BCUT2D eigenvalue weighted by Crippen LogP contribution is 2.29. The third-order valence-corrected chi connectivity index (χ3v) is 4.14. The molecule has 1 amide bonds. The third kappa shape index (κ3) is 5.27. The molecular weight excluding hydrogens is 348 g/mol. The van der Waals surface area contributed by atoms with Crippen LogP contribution >= 0.6 is 0 Å². The molecule has 0 saturated carbocycles. The summed E-state index contributed by atoms with van der Waals surface area (Å²) in [5.41, 5.74) is 0.00643. The summed E-state index contributed by atoms with van der Waals surface area (Å²) in [4.78, 5) is 23.2. The number of hydrogen-bond donors (Lipinski definition) is 2. The fourth-order valence-corrected chi connectivity index (χ4v) is 2.46. The number of nitro benzene ring substituents is 1. The summed E-state index contributed by atoms with van der Waals surface area (Å²) in [6, 6.07) is 11.7. The molecule has 1 atom stereocenters. The van der Waals surface area contributed by atoms with Gasteiger partial charge in [0.2, 0.25) is 0 Å². The molecule has 144 valence electrons. The molecule has 0 fully saturated rings. The van der Waals surface area contributed by atoms with Gasteiger partial charge >= 0.3 is 0 Å². The molecule has 0 unspecified atom stereocenters. The predicted octanol–water partition coefficient (Wildman–Crippen LogP) is 3.80. The summed E-state index contributed by atoms with van der Waals surface area (Å²) in [6.45, 7) is 6.72. The molecule has 2 N–H and O–H groups in total. The van der Waals surface area contributed by atoms with Gasteiger partial charge in [-0.15, -0.1) is 0 Å². The van der Waals surface area contributed by atoms with Crippen LogP contribution in [-0.2, 0) is 4.79 Å². The molecule has 2 aromatic rings. The van der Waals surface area contributed by atoms with Crippen molar-refractivity contribution in [2.75, 3.05) is 11.9 Å². The van der Waals surface area contributed by atoms with Gasteiger partial charge in [-0.2, -0.15) is 0 Å². The summed E-state index contributed by atoms with van der Waals surface area (Å²) in [5.74, 6) is -0.201. The zero-order valence-electron chi connectivity index (χ0n) is 15.9. The van der Waals surface area contributed by atoms with Crippen molar-refractivity contribution in [3.05, 3.63) is 63.7 Å². The average molecular weight is 372 g/mol. The Morgan fingerprint density at radius 3 is 2.44 bits per heavy atom. The second-order valence-electron chi connectivity index (χ2n) is 7.02. The second-order valence-corrected chi connectivity index (χ2v) is 7.02. The fraction of sp³-hybridized carbons (Fsp3) is 0.350. The van der Waals surface area contributed by atoms with E-state index in [1.807, 2.05) is 32.9 Å². The second kappa shape index (κ2) is 8.18. The minimum Gasteiger partial charge on any atom is -0.490 e. The highest BCUT2D eigenvalue weighted by atomic mass is 16.6. The van der Waals surface area contributed by atoms with Gasteiger partial charge in [0.15, 0.2) is 5.60 Å². The molecule has 0 saturated heterocycles. The number of nitrogens with one attached hydrogen (secondary N) is 1. The number of aliphatic hydroxyl groups is 1. The quantitative estimate of drug-likeness (QED) is 0.569. The van der Waals surface area contributed by atoms with Gasteiger partial charge in [0.1, 0.15) is 12.4 Å². The van der Waals surface area contributed by atoms with E-state index in [1.54, 1.807) is 24.3 Å². The third-order valence-electron chi connectivity index (χ3n) is 4.14. The predicted molar refractivity (Wildman–Crippen MR) is 103 cm³/mol. The first-order valence-corrected chi connectivity index (χ1v) is 8.62. The average Bonchev–Trinajstić information content (AvgIpc) is 2.61. The van der Waals surface area contributed by atoms with Crippen LogP contribution in [0.1, 0.15) is 37.8 Å². The van der Waals surface area contributed by atoms with Crippen LogP contribution in [0.4, 0.5) is 11.4 Å². The van der Waals surface area contributed by atoms with E-state index in [1.165, 1.54) is 13.0 Å². The number of benzene rings is 2. The van der Waals surface area contributed by atoms with Crippen LogP contribution in [0.15, 0.2) is 42.5 Å². The van der Waals surface area contributed by atoms with Crippen LogP contribution in [0, 0.1) is 17.0 Å². The van der Waals surface area contributed by atoms with Gasteiger partial charge in [0.25, 0.3) is 11.6 Å². The molecule has 7 nitrogen and oxygen atoms in total. The molecule has 0 aliphatic rings. The SMILES string of the molecule is Cc1ccc(OC[C@](C)(O)C(=O)Nc2ccc(C(C)C)c([N+](=O)[O-])c2)cc1. The lowest BCUT2D eigenvalue weighted by atomic mass is 10.0. The molecule has 0 heterocycles. The number of nitrogens with zero attached hydrogens (tertiary/aromatic N) is 1. The monoisotopic (exact) mass is 372 g/mol. The lowest BCUT2D eigenvalue weighted by Crippen LogP contribution is -2.45. The summed E-state index contributed by atoms with van der Waals surface area (Å²) >= 11 is 0. The standard InChI is InChI=1S/C20H24N2O5/c1-13(2)17-10-7-15(11-18(17)22(25)26)21-19(23)20(4,24)12-27-16-8-5-14(3)6-9-16/h5-11,13,24H,12H2,1-4H3,(H,21,23)/t20-/m0/s1. The molecule has 0 radical (unpaired) electrons. The van der Waals surface area contributed by atoms with Crippen molar-refractivity contribution in [2.24, 2.45) is 0 Å². The van der Waals surface area contributed by atoms with Crippen LogP contribution in [0.3, 0.4) is 0 Å². The van der Waals surface area contributed by atoms with Crippen LogP contribution in [0.25, 0.3) is 0 Å². The van der Waals surface area contributed by atoms with Gasteiger partial charge in [-0.3, -0.25) is 14.9 Å². The van der Waals surface area contributed by atoms with Crippen molar-refractivity contribution in [3.8, 4) is 5.75 Å². The molecule has 2 aromatic carbocycles. The minimum absolute atomic E-state index is 0.0267. The lowest BCUT2D eigenvalue weighted by molar-refractivity contribution is -0.385. The number of nitro groups is 1. The minimum atomic E-state index is -1.81. The molecule has 27 heavy (non-hydrogen) atoms. The first-order chi connectivity index (χ1) is 12.6. The van der Waals surface area contributed by atoms with Gasteiger partial charge in [-0.25, -0.2) is 0 Å². The first kappa shape index (κ1) is 20.4. The molecule has 0 aliphatic heterocycles.